The van der Waals surface area contributed by atoms with E-state index in [9.17, 15) is 14.0 Å². The van der Waals surface area contributed by atoms with Crippen molar-refractivity contribution in [2.24, 2.45) is 0 Å². The van der Waals surface area contributed by atoms with Crippen molar-refractivity contribution >= 4 is 28.7 Å². The van der Waals surface area contributed by atoms with Crippen LogP contribution in [-0.4, -0.2) is 31.0 Å². The average molecular weight is 450 g/mol. The van der Waals surface area contributed by atoms with Crippen LogP contribution in [0.5, 0.6) is 0 Å². The summed E-state index contributed by atoms with van der Waals surface area (Å²) < 4.78 is 16.3. The molecule has 4 aromatic rings. The molecule has 0 saturated heterocycles. The second-order valence-corrected chi connectivity index (χ2v) is 8.76. The zero-order valence-electron chi connectivity index (χ0n) is 17.3. The van der Waals surface area contributed by atoms with Gasteiger partial charge in [0.15, 0.2) is 10.8 Å². The van der Waals surface area contributed by atoms with E-state index >= 15 is 0 Å². The van der Waals surface area contributed by atoms with Gasteiger partial charge in [-0.15, -0.1) is 0 Å². The van der Waals surface area contributed by atoms with Crippen molar-refractivity contribution in [3.8, 4) is 5.69 Å². The molecule has 0 bridgehead atoms. The molecule has 1 amide bonds. The van der Waals surface area contributed by atoms with Gasteiger partial charge in [0.25, 0.3) is 5.56 Å². The normalized spacial score (nSPS) is 15.1. The van der Waals surface area contributed by atoms with Gasteiger partial charge in [-0.3, -0.25) is 14.2 Å². The number of nitrogens with zero attached hydrogens (tertiary/aromatic N) is 4. The van der Waals surface area contributed by atoms with Gasteiger partial charge < -0.3 is 5.32 Å². The molecule has 1 N–H and O–H groups in total. The van der Waals surface area contributed by atoms with E-state index in [0.29, 0.717) is 28.5 Å². The molecule has 3 heterocycles. The minimum absolute atomic E-state index is 0.167. The Morgan fingerprint density at radius 1 is 1.25 bits per heavy atom. The Balaban J connectivity index is 1.38. The molecule has 162 valence electrons. The smallest absolute Gasteiger partial charge is 0.265 e. The van der Waals surface area contributed by atoms with Gasteiger partial charge in [-0.1, -0.05) is 36.0 Å². The van der Waals surface area contributed by atoms with Gasteiger partial charge in [0.05, 0.1) is 17.9 Å². The predicted molar refractivity (Wildman–Crippen MR) is 120 cm³/mol. The largest absolute Gasteiger partial charge is 0.352 e. The fraction of sp³-hybridized carbons (Fsp3) is 0.217. The van der Waals surface area contributed by atoms with Gasteiger partial charge in [-0.2, -0.15) is 5.10 Å². The second-order valence-electron chi connectivity index (χ2n) is 7.77. The first kappa shape index (κ1) is 20.4. The van der Waals surface area contributed by atoms with Crippen LogP contribution < -0.4 is 10.9 Å². The van der Waals surface area contributed by atoms with Crippen LogP contribution in [-0.2, 0) is 11.3 Å². The summed E-state index contributed by atoms with van der Waals surface area (Å²) in [6.07, 6.45) is 1.70. The van der Waals surface area contributed by atoms with Gasteiger partial charge in [0.2, 0.25) is 5.91 Å². The quantitative estimate of drug-likeness (QED) is 0.473. The standard InChI is InChI=1S/C23H20FN5O2S/c1-14-3-2-4-17(9-14)29-21-19(12-26-29)22(31)28-18(13-32-23(28)27-21)10-20(30)25-11-15-5-7-16(24)8-6-15/h2-9,12,18H,10-11,13H2,1H3,(H,25,30). The van der Waals surface area contributed by atoms with Crippen molar-refractivity contribution in [1.82, 2.24) is 24.6 Å². The number of aromatic nitrogens is 4. The third-order valence-corrected chi connectivity index (χ3v) is 6.54. The van der Waals surface area contributed by atoms with E-state index in [2.05, 4.69) is 10.4 Å². The van der Waals surface area contributed by atoms with Gasteiger partial charge >= 0.3 is 0 Å². The van der Waals surface area contributed by atoms with Crippen LogP contribution in [0, 0.1) is 12.7 Å². The molecule has 0 saturated carbocycles. The topological polar surface area (TPSA) is 81.8 Å². The van der Waals surface area contributed by atoms with E-state index in [-0.39, 0.29) is 29.7 Å². The van der Waals surface area contributed by atoms with E-state index < -0.39 is 0 Å². The number of hydrogen-bond donors (Lipinski definition) is 1. The van der Waals surface area contributed by atoms with E-state index in [1.54, 1.807) is 21.4 Å². The lowest BCUT2D eigenvalue weighted by molar-refractivity contribution is -0.121. The highest BCUT2D eigenvalue weighted by atomic mass is 32.2. The number of thioether (sulfide) groups is 1. The van der Waals surface area contributed by atoms with Crippen molar-refractivity contribution < 1.29 is 9.18 Å². The van der Waals surface area contributed by atoms with Crippen molar-refractivity contribution in [1.29, 1.82) is 0 Å². The minimum Gasteiger partial charge on any atom is -0.352 e. The highest BCUT2D eigenvalue weighted by Gasteiger charge is 2.29. The number of benzene rings is 2. The maximum atomic E-state index is 13.2. The molecular formula is C23H20FN5O2S. The molecule has 1 unspecified atom stereocenters. The first-order valence-corrected chi connectivity index (χ1v) is 11.2. The summed E-state index contributed by atoms with van der Waals surface area (Å²) in [7, 11) is 0. The summed E-state index contributed by atoms with van der Waals surface area (Å²) in [5.41, 5.74) is 3.07. The Labute approximate surface area is 187 Å². The summed E-state index contributed by atoms with van der Waals surface area (Å²) in [6.45, 7) is 2.30. The molecule has 9 heteroatoms. The Morgan fingerprint density at radius 2 is 2.06 bits per heavy atom. The molecular weight excluding hydrogens is 429 g/mol. The Hall–Kier alpha value is -3.46. The van der Waals surface area contributed by atoms with Gasteiger partial charge in [0.1, 0.15) is 11.2 Å². The molecule has 5 rings (SSSR count). The Bertz CT molecular complexity index is 1380. The van der Waals surface area contributed by atoms with Crippen LogP contribution in [0.3, 0.4) is 0 Å². The van der Waals surface area contributed by atoms with Crippen LogP contribution in [0.1, 0.15) is 23.6 Å². The number of rotatable bonds is 5. The molecule has 1 aliphatic heterocycles. The highest BCUT2D eigenvalue weighted by molar-refractivity contribution is 7.99. The maximum absolute atomic E-state index is 13.2. The third-order valence-electron chi connectivity index (χ3n) is 5.44. The number of halogens is 1. The zero-order chi connectivity index (χ0) is 22.2. The first-order valence-electron chi connectivity index (χ1n) is 10.2. The number of carbonyl (C=O) groups excluding carboxylic acids is 1. The summed E-state index contributed by atoms with van der Waals surface area (Å²) in [4.78, 5) is 30.4. The van der Waals surface area contributed by atoms with E-state index in [0.717, 1.165) is 16.8 Å². The third kappa shape index (κ3) is 3.80. The van der Waals surface area contributed by atoms with Crippen molar-refractivity contribution in [3.63, 3.8) is 0 Å². The van der Waals surface area contributed by atoms with Gasteiger partial charge in [-0.05, 0) is 42.3 Å². The van der Waals surface area contributed by atoms with Crippen LogP contribution >= 0.6 is 11.8 Å². The van der Waals surface area contributed by atoms with Crippen molar-refractivity contribution in [2.45, 2.75) is 31.1 Å². The fourth-order valence-electron chi connectivity index (χ4n) is 3.82. The number of hydrogen-bond acceptors (Lipinski definition) is 5. The molecule has 0 fully saturated rings. The lowest BCUT2D eigenvalue weighted by Crippen LogP contribution is -2.30. The second kappa shape index (κ2) is 8.23. The maximum Gasteiger partial charge on any atom is 0.265 e. The molecule has 0 radical (unpaired) electrons. The lowest BCUT2D eigenvalue weighted by atomic mass is 10.2. The molecule has 2 aromatic heterocycles. The van der Waals surface area contributed by atoms with Crippen molar-refractivity contribution in [3.05, 3.63) is 82.0 Å². The summed E-state index contributed by atoms with van der Waals surface area (Å²) >= 11 is 1.46. The van der Waals surface area contributed by atoms with Crippen LogP contribution in [0.2, 0.25) is 0 Å². The Kier molecular flexibility index (Phi) is 5.26. The van der Waals surface area contributed by atoms with E-state index in [1.165, 1.54) is 30.1 Å². The molecule has 1 aliphatic rings. The molecule has 2 aromatic carbocycles. The number of aryl methyl sites for hydroxylation is 1. The highest BCUT2D eigenvalue weighted by Crippen LogP contribution is 2.33. The molecule has 7 nitrogen and oxygen atoms in total. The fourth-order valence-corrected chi connectivity index (χ4v) is 4.95. The zero-order valence-corrected chi connectivity index (χ0v) is 18.1. The predicted octanol–water partition coefficient (Wildman–Crippen LogP) is 3.38. The number of carbonyl (C=O) groups is 1. The SMILES string of the molecule is Cc1cccc(-n2ncc3c(=O)n4c(nc32)SCC4CC(=O)NCc2ccc(F)cc2)c1. The molecule has 0 spiro atoms. The number of nitrogens with one attached hydrogen (secondary N) is 1. The lowest BCUT2D eigenvalue weighted by Gasteiger charge is -2.13. The molecule has 1 atom stereocenters. The van der Waals surface area contributed by atoms with Crippen LogP contribution in [0.25, 0.3) is 16.7 Å². The summed E-state index contributed by atoms with van der Waals surface area (Å²) in [5, 5.41) is 8.25. The minimum atomic E-state index is -0.316. The Morgan fingerprint density at radius 3 is 2.84 bits per heavy atom. The van der Waals surface area contributed by atoms with Crippen LogP contribution in [0.15, 0.2) is 64.7 Å². The number of fused-ring (bicyclic) bond motifs is 2. The van der Waals surface area contributed by atoms with Crippen LogP contribution in [0.4, 0.5) is 4.39 Å². The summed E-state index contributed by atoms with van der Waals surface area (Å²) in [5.74, 6) is 0.107. The summed E-state index contributed by atoms with van der Waals surface area (Å²) in [6, 6.07) is 13.5. The molecule has 32 heavy (non-hydrogen) atoms. The van der Waals surface area contributed by atoms with E-state index in [4.69, 9.17) is 4.98 Å². The molecule has 0 aliphatic carbocycles. The number of amides is 1. The average Bonchev–Trinajstić information content (AvgIpc) is 3.38. The van der Waals surface area contributed by atoms with E-state index in [1.807, 2.05) is 31.2 Å². The van der Waals surface area contributed by atoms with Crippen molar-refractivity contribution in [2.75, 3.05) is 5.75 Å². The van der Waals surface area contributed by atoms with Gasteiger partial charge in [-0.25, -0.2) is 14.1 Å². The van der Waals surface area contributed by atoms with Gasteiger partial charge in [0, 0.05) is 18.7 Å². The first-order chi connectivity index (χ1) is 15.5. The monoisotopic (exact) mass is 449 g/mol.